The summed E-state index contributed by atoms with van der Waals surface area (Å²) in [5.74, 6) is -0.763. The van der Waals surface area contributed by atoms with Crippen molar-refractivity contribution in [2.45, 2.75) is 56.3 Å². The van der Waals surface area contributed by atoms with E-state index in [1.807, 2.05) is 0 Å². The van der Waals surface area contributed by atoms with Gasteiger partial charge in [0.15, 0.2) is 0 Å². The second-order valence-corrected chi connectivity index (χ2v) is 11.6. The summed E-state index contributed by atoms with van der Waals surface area (Å²) < 4.78 is 38.4. The Balaban J connectivity index is 1.68. The summed E-state index contributed by atoms with van der Waals surface area (Å²) in [6, 6.07) is 4.33. The van der Waals surface area contributed by atoms with Crippen LogP contribution in [0.5, 0.6) is 5.75 Å². The molecule has 1 fully saturated rings. The van der Waals surface area contributed by atoms with Gasteiger partial charge in [-0.3, -0.25) is 4.79 Å². The highest BCUT2D eigenvalue weighted by atomic mass is 32.2. The number of aryl methyl sites for hydroxylation is 1. The summed E-state index contributed by atoms with van der Waals surface area (Å²) >= 11 is 1.38. The molecule has 1 aromatic heterocycles. The number of methoxy groups -OCH3 is 2. The number of hydrogen-bond donors (Lipinski definition) is 1. The lowest BCUT2D eigenvalue weighted by Gasteiger charge is -2.20. The number of thiophene rings is 1. The molecule has 2 aromatic rings. The SMILES string of the molecule is COC(=O)c1c(NC(=O)c2cc(S(=O)(=O)N3CCCCCC3)ccc2OC)sc2c1CCCC2. The molecule has 1 aromatic carbocycles. The van der Waals surface area contributed by atoms with E-state index in [0.29, 0.717) is 23.7 Å². The van der Waals surface area contributed by atoms with Crippen LogP contribution >= 0.6 is 11.3 Å². The predicted octanol–water partition coefficient (Wildman–Crippen LogP) is 4.24. The molecule has 1 amide bonds. The molecule has 0 radical (unpaired) electrons. The molecule has 2 heterocycles. The maximum Gasteiger partial charge on any atom is 0.341 e. The van der Waals surface area contributed by atoms with Crippen LogP contribution in [0.2, 0.25) is 0 Å². The Labute approximate surface area is 204 Å². The number of carbonyl (C=O) groups excluding carboxylic acids is 2. The van der Waals surface area contributed by atoms with E-state index in [1.54, 1.807) is 0 Å². The van der Waals surface area contributed by atoms with Gasteiger partial charge < -0.3 is 14.8 Å². The summed E-state index contributed by atoms with van der Waals surface area (Å²) in [7, 11) is -0.991. The van der Waals surface area contributed by atoms with Gasteiger partial charge in [-0.25, -0.2) is 13.2 Å². The summed E-state index contributed by atoms with van der Waals surface area (Å²) in [5, 5.41) is 3.26. The van der Waals surface area contributed by atoms with Crippen molar-refractivity contribution < 1.29 is 27.5 Å². The van der Waals surface area contributed by atoms with Crippen LogP contribution in [0.4, 0.5) is 5.00 Å². The minimum absolute atomic E-state index is 0.0546. The second-order valence-electron chi connectivity index (χ2n) is 8.54. The van der Waals surface area contributed by atoms with Gasteiger partial charge in [0, 0.05) is 18.0 Å². The summed E-state index contributed by atoms with van der Waals surface area (Å²) in [4.78, 5) is 27.0. The van der Waals surface area contributed by atoms with Gasteiger partial charge in [-0.15, -0.1) is 11.3 Å². The average molecular weight is 507 g/mol. The van der Waals surface area contributed by atoms with Crippen molar-refractivity contribution in [2.24, 2.45) is 0 Å². The first-order valence-corrected chi connectivity index (χ1v) is 13.8. The molecule has 0 atom stereocenters. The van der Waals surface area contributed by atoms with E-state index in [-0.39, 0.29) is 16.2 Å². The highest BCUT2D eigenvalue weighted by Gasteiger charge is 2.30. The van der Waals surface area contributed by atoms with E-state index in [0.717, 1.165) is 61.8 Å². The molecular formula is C24H30N2O6S2. The van der Waals surface area contributed by atoms with Gasteiger partial charge in [0.2, 0.25) is 10.0 Å². The maximum atomic E-state index is 13.3. The molecule has 0 spiro atoms. The number of carbonyl (C=O) groups is 2. The number of amides is 1. The van der Waals surface area contributed by atoms with Crippen LogP contribution in [0.3, 0.4) is 0 Å². The van der Waals surface area contributed by atoms with Gasteiger partial charge in [0.25, 0.3) is 5.91 Å². The maximum absolute atomic E-state index is 13.3. The Kier molecular flexibility index (Phi) is 7.59. The molecule has 1 saturated heterocycles. The van der Waals surface area contributed by atoms with Crippen LogP contribution in [-0.2, 0) is 27.6 Å². The average Bonchev–Trinajstić information content (AvgIpc) is 3.00. The molecule has 2 aliphatic rings. The van der Waals surface area contributed by atoms with E-state index in [9.17, 15) is 18.0 Å². The number of anilines is 1. The van der Waals surface area contributed by atoms with Gasteiger partial charge in [0.1, 0.15) is 10.8 Å². The van der Waals surface area contributed by atoms with Gasteiger partial charge in [-0.1, -0.05) is 12.8 Å². The zero-order valence-electron chi connectivity index (χ0n) is 19.5. The number of nitrogens with one attached hydrogen (secondary N) is 1. The Morgan fingerprint density at radius 2 is 1.71 bits per heavy atom. The van der Waals surface area contributed by atoms with Crippen LogP contribution in [-0.4, -0.2) is 51.9 Å². The zero-order valence-corrected chi connectivity index (χ0v) is 21.1. The second kappa shape index (κ2) is 10.5. The lowest BCUT2D eigenvalue weighted by Crippen LogP contribution is -2.32. The predicted molar refractivity (Wildman–Crippen MR) is 130 cm³/mol. The molecule has 8 nitrogen and oxygen atoms in total. The minimum atomic E-state index is -3.74. The number of fused-ring (bicyclic) bond motifs is 1. The topological polar surface area (TPSA) is 102 Å². The summed E-state index contributed by atoms with van der Waals surface area (Å²) in [5.41, 5.74) is 1.42. The molecule has 1 aliphatic heterocycles. The molecular weight excluding hydrogens is 476 g/mol. The van der Waals surface area contributed by atoms with Gasteiger partial charge in [-0.2, -0.15) is 4.31 Å². The monoisotopic (exact) mass is 506 g/mol. The first-order chi connectivity index (χ1) is 16.4. The first-order valence-electron chi connectivity index (χ1n) is 11.6. The number of rotatable bonds is 6. The molecule has 0 bridgehead atoms. The fraction of sp³-hybridized carbons (Fsp3) is 0.500. The fourth-order valence-electron chi connectivity index (χ4n) is 4.60. The van der Waals surface area contributed by atoms with E-state index in [2.05, 4.69) is 5.32 Å². The minimum Gasteiger partial charge on any atom is -0.496 e. The van der Waals surface area contributed by atoms with Crippen molar-refractivity contribution in [3.8, 4) is 5.75 Å². The zero-order chi connectivity index (χ0) is 24.3. The Morgan fingerprint density at radius 1 is 1.00 bits per heavy atom. The standard InChI is InChI=1S/C24H30N2O6S2/c1-31-19-12-11-16(34(29,30)26-13-7-3-4-8-14-26)15-18(19)22(27)25-23-21(24(28)32-2)17-9-5-6-10-20(17)33-23/h11-12,15H,3-10,13-14H2,1-2H3,(H,25,27). The van der Waals surface area contributed by atoms with Crippen LogP contribution in [0.25, 0.3) is 0 Å². The van der Waals surface area contributed by atoms with Crippen LogP contribution in [0.15, 0.2) is 23.1 Å². The molecule has 1 aliphatic carbocycles. The number of hydrogen-bond acceptors (Lipinski definition) is 7. The number of sulfonamides is 1. The third kappa shape index (κ3) is 4.85. The van der Waals surface area contributed by atoms with Crippen LogP contribution in [0.1, 0.15) is 69.7 Å². The highest BCUT2D eigenvalue weighted by Crippen LogP contribution is 2.39. The smallest absolute Gasteiger partial charge is 0.341 e. The highest BCUT2D eigenvalue weighted by molar-refractivity contribution is 7.89. The van der Waals surface area contributed by atoms with E-state index in [1.165, 1.54) is 48.1 Å². The van der Waals surface area contributed by atoms with Crippen LogP contribution in [0, 0.1) is 0 Å². The van der Waals surface area contributed by atoms with Crippen molar-refractivity contribution >= 4 is 38.2 Å². The van der Waals surface area contributed by atoms with Crippen LogP contribution < -0.4 is 10.1 Å². The molecule has 0 unspecified atom stereocenters. The molecule has 184 valence electrons. The Hall–Kier alpha value is -2.43. The Bertz CT molecular complexity index is 1180. The van der Waals surface area contributed by atoms with Crippen molar-refractivity contribution in [1.29, 1.82) is 0 Å². The third-order valence-electron chi connectivity index (χ3n) is 6.41. The number of ether oxygens (including phenoxy) is 2. The van der Waals surface area contributed by atoms with Crippen molar-refractivity contribution in [1.82, 2.24) is 4.31 Å². The molecule has 0 saturated carbocycles. The number of benzene rings is 1. The van der Waals surface area contributed by atoms with Crippen molar-refractivity contribution in [2.75, 3.05) is 32.6 Å². The van der Waals surface area contributed by atoms with E-state index < -0.39 is 21.9 Å². The van der Waals surface area contributed by atoms with Crippen molar-refractivity contribution in [3.63, 3.8) is 0 Å². The molecule has 10 heteroatoms. The number of esters is 1. The first kappa shape index (κ1) is 24.7. The number of nitrogens with zero attached hydrogens (tertiary/aromatic N) is 1. The fourth-order valence-corrected chi connectivity index (χ4v) is 7.41. The lowest BCUT2D eigenvalue weighted by molar-refractivity contribution is 0.0601. The normalized spacial score (nSPS) is 16.9. The quantitative estimate of drug-likeness (QED) is 0.588. The summed E-state index contributed by atoms with van der Waals surface area (Å²) in [6.45, 7) is 0.943. The summed E-state index contributed by atoms with van der Waals surface area (Å²) in [6.07, 6.45) is 7.29. The molecule has 4 rings (SSSR count). The van der Waals surface area contributed by atoms with E-state index in [4.69, 9.17) is 9.47 Å². The van der Waals surface area contributed by atoms with E-state index >= 15 is 0 Å². The van der Waals surface area contributed by atoms with Gasteiger partial charge >= 0.3 is 5.97 Å². The molecule has 1 N–H and O–H groups in total. The van der Waals surface area contributed by atoms with Gasteiger partial charge in [0.05, 0.1) is 30.2 Å². The lowest BCUT2D eigenvalue weighted by atomic mass is 9.95. The largest absolute Gasteiger partial charge is 0.496 e. The molecule has 34 heavy (non-hydrogen) atoms. The third-order valence-corrected chi connectivity index (χ3v) is 9.51. The van der Waals surface area contributed by atoms with Gasteiger partial charge in [-0.05, 0) is 62.3 Å². The van der Waals surface area contributed by atoms with Crippen molar-refractivity contribution in [3.05, 3.63) is 39.8 Å². The Morgan fingerprint density at radius 3 is 2.38 bits per heavy atom.